The second-order valence-electron chi connectivity index (χ2n) is 3.87. The van der Waals surface area contributed by atoms with Crippen LogP contribution >= 0.6 is 0 Å². The third-order valence-corrected chi connectivity index (χ3v) is 2.08. The quantitative estimate of drug-likeness (QED) is 0.828. The molecule has 0 saturated carbocycles. The van der Waals surface area contributed by atoms with E-state index in [1.54, 1.807) is 7.11 Å². The van der Waals surface area contributed by atoms with Gasteiger partial charge in [0.05, 0.1) is 13.2 Å². The Balaban J connectivity index is 2.98. The zero-order valence-corrected chi connectivity index (χ0v) is 9.78. The van der Waals surface area contributed by atoms with Gasteiger partial charge in [-0.25, -0.2) is 0 Å². The van der Waals surface area contributed by atoms with Crippen molar-refractivity contribution in [2.75, 3.05) is 7.11 Å². The highest BCUT2D eigenvalue weighted by atomic mass is 16.5. The van der Waals surface area contributed by atoms with Crippen LogP contribution in [0.3, 0.4) is 0 Å². The minimum absolute atomic E-state index is 0.00648. The van der Waals surface area contributed by atoms with Crippen molar-refractivity contribution in [3.63, 3.8) is 0 Å². The summed E-state index contributed by atoms with van der Waals surface area (Å²) in [5, 5.41) is 0. The van der Waals surface area contributed by atoms with Crippen LogP contribution in [0.2, 0.25) is 0 Å². The highest BCUT2D eigenvalue weighted by Crippen LogP contribution is 2.30. The average Bonchev–Trinajstić information content (AvgIpc) is 2.17. The molecule has 1 aromatic carbocycles. The normalized spacial score (nSPS) is 12.7. The van der Waals surface area contributed by atoms with Gasteiger partial charge < -0.3 is 15.2 Å². The van der Waals surface area contributed by atoms with Gasteiger partial charge in [-0.2, -0.15) is 0 Å². The summed E-state index contributed by atoms with van der Waals surface area (Å²) in [5.74, 6) is 1.50. The topological polar surface area (TPSA) is 44.5 Å². The Bertz CT molecular complexity index is 321. The van der Waals surface area contributed by atoms with E-state index in [0.29, 0.717) is 0 Å². The van der Waals surface area contributed by atoms with Gasteiger partial charge in [-0.1, -0.05) is 6.07 Å². The lowest BCUT2D eigenvalue weighted by molar-refractivity contribution is 0.230. The average molecular weight is 209 g/mol. The summed E-state index contributed by atoms with van der Waals surface area (Å²) in [5.41, 5.74) is 6.84. The van der Waals surface area contributed by atoms with Crippen LogP contribution in [0, 0.1) is 0 Å². The maximum absolute atomic E-state index is 5.79. The second kappa shape index (κ2) is 5.03. The van der Waals surface area contributed by atoms with Crippen LogP contribution < -0.4 is 15.2 Å². The molecule has 0 spiro atoms. The van der Waals surface area contributed by atoms with Gasteiger partial charge in [0.25, 0.3) is 0 Å². The SMILES string of the molecule is COc1cc([C@@H](C)N)ccc1OC(C)C. The van der Waals surface area contributed by atoms with E-state index < -0.39 is 0 Å². The van der Waals surface area contributed by atoms with Gasteiger partial charge >= 0.3 is 0 Å². The van der Waals surface area contributed by atoms with E-state index >= 15 is 0 Å². The third kappa shape index (κ3) is 3.13. The molecule has 0 radical (unpaired) electrons. The molecule has 0 saturated heterocycles. The molecular weight excluding hydrogens is 190 g/mol. The molecule has 15 heavy (non-hydrogen) atoms. The van der Waals surface area contributed by atoms with Crippen molar-refractivity contribution >= 4 is 0 Å². The number of hydrogen-bond donors (Lipinski definition) is 1. The van der Waals surface area contributed by atoms with Crippen molar-refractivity contribution < 1.29 is 9.47 Å². The van der Waals surface area contributed by atoms with Crippen LogP contribution in [0.5, 0.6) is 11.5 Å². The van der Waals surface area contributed by atoms with Gasteiger partial charge in [-0.15, -0.1) is 0 Å². The van der Waals surface area contributed by atoms with E-state index in [1.165, 1.54) is 0 Å². The number of rotatable bonds is 4. The lowest BCUT2D eigenvalue weighted by atomic mass is 10.1. The molecule has 3 nitrogen and oxygen atoms in total. The molecule has 0 heterocycles. The van der Waals surface area contributed by atoms with Crippen molar-refractivity contribution in [1.82, 2.24) is 0 Å². The Hall–Kier alpha value is -1.22. The maximum atomic E-state index is 5.79. The summed E-state index contributed by atoms with van der Waals surface area (Å²) in [4.78, 5) is 0. The molecule has 0 aliphatic rings. The summed E-state index contributed by atoms with van der Waals surface area (Å²) >= 11 is 0. The molecule has 84 valence electrons. The van der Waals surface area contributed by atoms with Gasteiger partial charge in [0, 0.05) is 6.04 Å². The van der Waals surface area contributed by atoms with Crippen LogP contribution in [0.4, 0.5) is 0 Å². The van der Waals surface area contributed by atoms with E-state index in [1.807, 2.05) is 39.0 Å². The highest BCUT2D eigenvalue weighted by Gasteiger charge is 2.08. The number of ether oxygens (including phenoxy) is 2. The summed E-state index contributed by atoms with van der Waals surface area (Å²) in [6.07, 6.45) is 0.139. The smallest absolute Gasteiger partial charge is 0.161 e. The molecular formula is C12H19NO2. The summed E-state index contributed by atoms with van der Waals surface area (Å²) in [7, 11) is 1.63. The Labute approximate surface area is 91.2 Å². The fraction of sp³-hybridized carbons (Fsp3) is 0.500. The van der Waals surface area contributed by atoms with Crippen LogP contribution in [-0.4, -0.2) is 13.2 Å². The van der Waals surface area contributed by atoms with Gasteiger partial charge in [-0.05, 0) is 38.5 Å². The molecule has 1 atom stereocenters. The second-order valence-corrected chi connectivity index (χ2v) is 3.87. The van der Waals surface area contributed by atoms with Crippen LogP contribution in [0.25, 0.3) is 0 Å². The predicted molar refractivity (Wildman–Crippen MR) is 61.4 cm³/mol. The molecule has 0 amide bonds. The molecule has 2 N–H and O–H groups in total. The number of methoxy groups -OCH3 is 1. The molecule has 0 aliphatic heterocycles. The molecule has 0 bridgehead atoms. The van der Waals surface area contributed by atoms with Gasteiger partial charge in [-0.3, -0.25) is 0 Å². The van der Waals surface area contributed by atoms with E-state index in [9.17, 15) is 0 Å². The van der Waals surface area contributed by atoms with Crippen molar-refractivity contribution in [2.45, 2.75) is 32.9 Å². The number of nitrogens with two attached hydrogens (primary N) is 1. The van der Waals surface area contributed by atoms with E-state index in [4.69, 9.17) is 15.2 Å². The third-order valence-electron chi connectivity index (χ3n) is 2.08. The zero-order valence-electron chi connectivity index (χ0n) is 9.78. The minimum Gasteiger partial charge on any atom is -0.493 e. The summed E-state index contributed by atoms with van der Waals surface area (Å²) < 4.78 is 10.9. The number of benzene rings is 1. The molecule has 0 fully saturated rings. The van der Waals surface area contributed by atoms with Gasteiger partial charge in [0.2, 0.25) is 0 Å². The fourth-order valence-electron chi connectivity index (χ4n) is 1.32. The maximum Gasteiger partial charge on any atom is 0.161 e. The fourth-order valence-corrected chi connectivity index (χ4v) is 1.32. The lowest BCUT2D eigenvalue weighted by Gasteiger charge is -2.15. The molecule has 0 unspecified atom stereocenters. The molecule has 3 heteroatoms. The Morgan fingerprint density at radius 3 is 2.27 bits per heavy atom. The Kier molecular flexibility index (Phi) is 3.97. The molecule has 1 rings (SSSR count). The Morgan fingerprint density at radius 2 is 1.80 bits per heavy atom. The Morgan fingerprint density at radius 1 is 1.13 bits per heavy atom. The lowest BCUT2D eigenvalue weighted by Crippen LogP contribution is -2.08. The number of hydrogen-bond acceptors (Lipinski definition) is 3. The predicted octanol–water partition coefficient (Wildman–Crippen LogP) is 2.50. The zero-order chi connectivity index (χ0) is 11.4. The first kappa shape index (κ1) is 11.9. The van der Waals surface area contributed by atoms with Crippen molar-refractivity contribution in [3.8, 4) is 11.5 Å². The molecule has 0 aliphatic carbocycles. The van der Waals surface area contributed by atoms with Gasteiger partial charge in [0.1, 0.15) is 0 Å². The van der Waals surface area contributed by atoms with Crippen LogP contribution in [0.15, 0.2) is 18.2 Å². The first-order valence-corrected chi connectivity index (χ1v) is 5.14. The van der Waals surface area contributed by atoms with E-state index in [0.717, 1.165) is 17.1 Å². The molecule has 1 aromatic rings. The van der Waals surface area contributed by atoms with Crippen LogP contribution in [0.1, 0.15) is 32.4 Å². The summed E-state index contributed by atoms with van der Waals surface area (Å²) in [6.45, 7) is 5.91. The first-order valence-electron chi connectivity index (χ1n) is 5.14. The van der Waals surface area contributed by atoms with Crippen molar-refractivity contribution in [1.29, 1.82) is 0 Å². The minimum atomic E-state index is 0.00648. The van der Waals surface area contributed by atoms with Gasteiger partial charge in [0.15, 0.2) is 11.5 Å². The molecule has 0 aromatic heterocycles. The first-order chi connectivity index (χ1) is 7.04. The van der Waals surface area contributed by atoms with E-state index in [-0.39, 0.29) is 12.1 Å². The van der Waals surface area contributed by atoms with Crippen LogP contribution in [-0.2, 0) is 0 Å². The summed E-state index contributed by atoms with van der Waals surface area (Å²) in [6, 6.07) is 5.79. The monoisotopic (exact) mass is 209 g/mol. The van der Waals surface area contributed by atoms with Crippen molar-refractivity contribution in [3.05, 3.63) is 23.8 Å². The highest BCUT2D eigenvalue weighted by molar-refractivity contribution is 5.43. The van der Waals surface area contributed by atoms with Crippen molar-refractivity contribution in [2.24, 2.45) is 5.73 Å². The van der Waals surface area contributed by atoms with E-state index in [2.05, 4.69) is 0 Å². The largest absolute Gasteiger partial charge is 0.493 e. The standard InChI is InChI=1S/C12H19NO2/c1-8(2)15-11-6-5-10(9(3)13)7-12(11)14-4/h5-9H,13H2,1-4H3/t9-/m1/s1.